The van der Waals surface area contributed by atoms with Gasteiger partial charge in [0, 0.05) is 0 Å². The van der Waals surface area contributed by atoms with Gasteiger partial charge in [-0.05, 0) is 31.1 Å². The Labute approximate surface area is 184 Å². The second kappa shape index (κ2) is 8.70. The first-order valence-electron chi connectivity index (χ1n) is 9.88. The number of ether oxygens (including phenoxy) is 1. The number of thiazole rings is 1. The van der Waals surface area contributed by atoms with E-state index in [4.69, 9.17) is 4.74 Å². The molecule has 31 heavy (non-hydrogen) atoms. The number of esters is 1. The van der Waals surface area contributed by atoms with E-state index in [-0.39, 0.29) is 5.56 Å². The highest BCUT2D eigenvalue weighted by atomic mass is 32.1. The van der Waals surface area contributed by atoms with Crippen LogP contribution >= 0.6 is 11.3 Å². The van der Waals surface area contributed by atoms with Gasteiger partial charge in [-0.2, -0.15) is 0 Å². The van der Waals surface area contributed by atoms with Crippen LogP contribution in [0.5, 0.6) is 0 Å². The van der Waals surface area contributed by atoms with Crippen LogP contribution < -0.4 is 14.9 Å². The minimum atomic E-state index is -0.593. The lowest BCUT2D eigenvalue weighted by Crippen LogP contribution is -2.38. The summed E-state index contributed by atoms with van der Waals surface area (Å²) >= 11 is 1.32. The summed E-state index contributed by atoms with van der Waals surface area (Å²) < 4.78 is 7.14. The van der Waals surface area contributed by atoms with Gasteiger partial charge in [-0.15, -0.1) is 0 Å². The van der Waals surface area contributed by atoms with E-state index in [0.29, 0.717) is 20.6 Å². The van der Waals surface area contributed by atoms with Gasteiger partial charge in [0.2, 0.25) is 0 Å². The van der Waals surface area contributed by atoms with Crippen LogP contribution in [0, 0.1) is 6.92 Å². The third kappa shape index (κ3) is 4.20. The average molecular weight is 431 g/mol. The number of rotatable bonds is 4. The van der Waals surface area contributed by atoms with E-state index in [1.807, 2.05) is 79.7 Å². The highest BCUT2D eigenvalue weighted by Gasteiger charge is 2.29. The average Bonchev–Trinajstić information content (AvgIpc) is 3.08. The molecule has 1 aromatic heterocycles. The number of hydrogen-bond donors (Lipinski definition) is 0. The Kier molecular flexibility index (Phi) is 5.82. The predicted octanol–water partition coefficient (Wildman–Crippen LogP) is 3.38. The standard InChI is InChI=1S/C25H22N2O3S/c1-16-9-11-19(12-10-16)15-21-23(28)27-20(14-13-18-7-5-4-6-8-18)22(24(29)30-3)17(2)26-25(27)31-21/h4-15,20H,1-3H3/b14-13+,21-15+. The molecule has 0 amide bonds. The van der Waals surface area contributed by atoms with Crippen LogP contribution in [-0.2, 0) is 9.53 Å². The number of fused-ring (bicyclic) bond motifs is 1. The quantitative estimate of drug-likeness (QED) is 0.596. The van der Waals surface area contributed by atoms with Gasteiger partial charge in [-0.3, -0.25) is 9.36 Å². The van der Waals surface area contributed by atoms with Crippen LogP contribution in [0.15, 0.2) is 81.7 Å². The van der Waals surface area contributed by atoms with Crippen LogP contribution in [0.1, 0.15) is 29.7 Å². The van der Waals surface area contributed by atoms with Crippen molar-refractivity contribution in [3.05, 3.63) is 108 Å². The van der Waals surface area contributed by atoms with Gasteiger partial charge in [0.1, 0.15) is 0 Å². The molecule has 0 N–H and O–H groups in total. The fourth-order valence-corrected chi connectivity index (χ4v) is 4.55. The molecule has 1 aliphatic rings. The molecule has 0 radical (unpaired) electrons. The summed E-state index contributed by atoms with van der Waals surface area (Å²) in [4.78, 5) is 31.0. The first-order valence-corrected chi connectivity index (χ1v) is 10.7. The van der Waals surface area contributed by atoms with Crippen molar-refractivity contribution >= 4 is 29.5 Å². The zero-order chi connectivity index (χ0) is 22.0. The van der Waals surface area contributed by atoms with Crippen LogP contribution in [0.2, 0.25) is 0 Å². The molecule has 0 aliphatic carbocycles. The van der Waals surface area contributed by atoms with Crippen LogP contribution in [0.25, 0.3) is 12.2 Å². The first kappa shape index (κ1) is 20.8. The Balaban J connectivity index is 1.88. The van der Waals surface area contributed by atoms with E-state index in [2.05, 4.69) is 4.99 Å². The lowest BCUT2D eigenvalue weighted by molar-refractivity contribution is -0.136. The summed E-state index contributed by atoms with van der Waals surface area (Å²) in [7, 11) is 1.34. The predicted molar refractivity (Wildman–Crippen MR) is 123 cm³/mol. The van der Waals surface area contributed by atoms with Crippen LogP contribution in [0.3, 0.4) is 0 Å². The largest absolute Gasteiger partial charge is 0.466 e. The molecule has 1 atom stereocenters. The van der Waals surface area contributed by atoms with E-state index >= 15 is 0 Å². The summed E-state index contributed by atoms with van der Waals surface area (Å²) in [5, 5.41) is 0. The van der Waals surface area contributed by atoms with Crippen molar-refractivity contribution in [3.8, 4) is 0 Å². The van der Waals surface area contributed by atoms with Crippen LogP contribution in [0.4, 0.5) is 0 Å². The molecule has 0 fully saturated rings. The number of hydrogen-bond acceptors (Lipinski definition) is 5. The normalized spacial score (nSPS) is 16.4. The molecule has 4 rings (SSSR count). The number of benzene rings is 2. The molecule has 1 aliphatic heterocycles. The van der Waals surface area contributed by atoms with Crippen molar-refractivity contribution < 1.29 is 9.53 Å². The maximum Gasteiger partial charge on any atom is 0.338 e. The number of methoxy groups -OCH3 is 1. The van der Waals surface area contributed by atoms with Crippen molar-refractivity contribution in [2.75, 3.05) is 7.11 Å². The van der Waals surface area contributed by atoms with Gasteiger partial charge in [-0.25, -0.2) is 9.79 Å². The van der Waals surface area contributed by atoms with Crippen molar-refractivity contribution in [1.29, 1.82) is 0 Å². The fourth-order valence-electron chi connectivity index (χ4n) is 3.50. The smallest absolute Gasteiger partial charge is 0.338 e. The van der Waals surface area contributed by atoms with Gasteiger partial charge in [0.15, 0.2) is 4.80 Å². The van der Waals surface area contributed by atoms with Crippen molar-refractivity contribution in [1.82, 2.24) is 4.57 Å². The molecule has 0 saturated carbocycles. The summed E-state index contributed by atoms with van der Waals surface area (Å²) in [5.74, 6) is -0.489. The van der Waals surface area contributed by atoms with Gasteiger partial charge in [-0.1, -0.05) is 83.6 Å². The molecule has 3 aromatic rings. The molecule has 0 spiro atoms. The Morgan fingerprint density at radius 3 is 2.45 bits per heavy atom. The van der Waals surface area contributed by atoms with Crippen LogP contribution in [-0.4, -0.2) is 17.6 Å². The monoisotopic (exact) mass is 430 g/mol. The Bertz CT molecular complexity index is 1360. The van der Waals surface area contributed by atoms with Crippen molar-refractivity contribution in [2.24, 2.45) is 4.99 Å². The molecule has 2 heterocycles. The summed E-state index contributed by atoms with van der Waals surface area (Å²) in [6, 6.07) is 17.1. The maximum atomic E-state index is 13.3. The molecular weight excluding hydrogens is 408 g/mol. The molecule has 0 bridgehead atoms. The lowest BCUT2D eigenvalue weighted by Gasteiger charge is -2.21. The Hall–Kier alpha value is -3.51. The third-order valence-electron chi connectivity index (χ3n) is 5.11. The highest BCUT2D eigenvalue weighted by Crippen LogP contribution is 2.26. The third-order valence-corrected chi connectivity index (χ3v) is 6.10. The van der Waals surface area contributed by atoms with Crippen molar-refractivity contribution in [2.45, 2.75) is 19.9 Å². The Morgan fingerprint density at radius 2 is 1.77 bits per heavy atom. The number of aryl methyl sites for hydroxylation is 1. The molecule has 0 saturated heterocycles. The molecule has 6 heteroatoms. The lowest BCUT2D eigenvalue weighted by atomic mass is 10.0. The van der Waals surface area contributed by atoms with Crippen molar-refractivity contribution in [3.63, 3.8) is 0 Å². The number of carbonyl (C=O) groups is 1. The van der Waals surface area contributed by atoms with E-state index < -0.39 is 12.0 Å². The van der Waals surface area contributed by atoms with Gasteiger partial charge >= 0.3 is 5.97 Å². The van der Waals surface area contributed by atoms with E-state index in [1.54, 1.807) is 11.5 Å². The van der Waals surface area contributed by atoms with E-state index in [0.717, 1.165) is 16.7 Å². The second-order valence-electron chi connectivity index (χ2n) is 7.30. The number of aromatic nitrogens is 1. The number of carbonyl (C=O) groups excluding carboxylic acids is 1. The molecular formula is C25H22N2O3S. The van der Waals surface area contributed by atoms with E-state index in [9.17, 15) is 9.59 Å². The zero-order valence-electron chi connectivity index (χ0n) is 17.5. The molecule has 5 nitrogen and oxygen atoms in total. The topological polar surface area (TPSA) is 60.7 Å². The number of nitrogens with zero attached hydrogens (tertiary/aromatic N) is 2. The van der Waals surface area contributed by atoms with E-state index in [1.165, 1.54) is 18.4 Å². The number of allylic oxidation sites excluding steroid dienone is 2. The van der Waals surface area contributed by atoms with Gasteiger partial charge < -0.3 is 4.74 Å². The Morgan fingerprint density at radius 1 is 1.06 bits per heavy atom. The van der Waals surface area contributed by atoms with Gasteiger partial charge in [0.05, 0.1) is 29.0 Å². The molecule has 1 unspecified atom stereocenters. The summed E-state index contributed by atoms with van der Waals surface area (Å²) in [5.41, 5.74) is 3.81. The maximum absolute atomic E-state index is 13.3. The minimum absolute atomic E-state index is 0.180. The van der Waals surface area contributed by atoms with Gasteiger partial charge in [0.25, 0.3) is 5.56 Å². The zero-order valence-corrected chi connectivity index (χ0v) is 18.3. The minimum Gasteiger partial charge on any atom is -0.466 e. The fraction of sp³-hybridized carbons (Fsp3) is 0.160. The summed E-state index contributed by atoms with van der Waals surface area (Å²) in [6.07, 6.45) is 5.62. The second-order valence-corrected chi connectivity index (χ2v) is 8.31. The highest BCUT2D eigenvalue weighted by molar-refractivity contribution is 7.07. The summed E-state index contributed by atoms with van der Waals surface area (Å²) in [6.45, 7) is 3.79. The molecule has 2 aromatic carbocycles. The molecule has 156 valence electrons. The SMILES string of the molecule is COC(=O)C1=C(C)N=c2s/c(=C/c3ccc(C)cc3)c(=O)n2C1/C=C/c1ccccc1. The first-order chi connectivity index (χ1) is 15.0.